The first-order valence-corrected chi connectivity index (χ1v) is 8.51. The minimum Gasteiger partial charge on any atom is -0.493 e. The molecule has 0 saturated carbocycles. The number of hydrogen-bond acceptors (Lipinski definition) is 4. The molecule has 2 aromatic carbocycles. The first-order chi connectivity index (χ1) is 13.5. The molecular weight excluding hydrogens is 363 g/mol. The maximum absolute atomic E-state index is 13.1. The number of aryl methyl sites for hydroxylation is 1. The Labute approximate surface area is 160 Å². The van der Waals surface area contributed by atoms with E-state index in [0.29, 0.717) is 22.7 Å². The number of rotatable bonds is 6. The van der Waals surface area contributed by atoms with Crippen LogP contribution in [0.2, 0.25) is 0 Å². The number of anilines is 1. The number of nitrogens with one attached hydrogen (secondary N) is 2. The Balaban J connectivity index is 1.96. The van der Waals surface area contributed by atoms with E-state index in [0.717, 1.165) is 5.56 Å². The summed E-state index contributed by atoms with van der Waals surface area (Å²) in [6.45, 7) is 1.20. The molecule has 2 N–H and O–H groups in total. The highest BCUT2D eigenvalue weighted by Gasteiger charge is 2.17. The molecule has 28 heavy (non-hydrogen) atoms. The zero-order valence-electron chi connectivity index (χ0n) is 15.4. The molecule has 7 heteroatoms. The van der Waals surface area contributed by atoms with Crippen LogP contribution in [-0.4, -0.2) is 18.0 Å². The van der Waals surface area contributed by atoms with E-state index in [4.69, 9.17) is 9.47 Å². The van der Waals surface area contributed by atoms with E-state index in [1.807, 2.05) is 13.0 Å². The van der Waals surface area contributed by atoms with Gasteiger partial charge >= 0.3 is 0 Å². The number of aromatic amines is 1. The van der Waals surface area contributed by atoms with Gasteiger partial charge in [0.25, 0.3) is 5.91 Å². The molecule has 3 rings (SSSR count). The fourth-order valence-corrected chi connectivity index (χ4v) is 2.63. The molecule has 0 aliphatic heterocycles. The van der Waals surface area contributed by atoms with Crippen LogP contribution < -0.4 is 20.3 Å². The van der Waals surface area contributed by atoms with Crippen LogP contribution in [0.5, 0.6) is 17.2 Å². The molecule has 1 aromatic heterocycles. The summed E-state index contributed by atoms with van der Waals surface area (Å²) in [4.78, 5) is 26.6. The first-order valence-electron chi connectivity index (χ1n) is 8.51. The smallest absolute Gasteiger partial charge is 0.259 e. The molecule has 3 aromatic rings. The van der Waals surface area contributed by atoms with Gasteiger partial charge in [-0.05, 0) is 48.4 Å². The lowest BCUT2D eigenvalue weighted by atomic mass is 10.1. The van der Waals surface area contributed by atoms with Crippen molar-refractivity contribution in [1.29, 1.82) is 0 Å². The van der Waals surface area contributed by atoms with E-state index in [2.05, 4.69) is 10.3 Å². The number of carbonyl (C=O) groups is 1. The van der Waals surface area contributed by atoms with Gasteiger partial charge in [0.15, 0.2) is 11.5 Å². The Kier molecular flexibility index (Phi) is 5.74. The van der Waals surface area contributed by atoms with Crippen molar-refractivity contribution in [3.63, 3.8) is 0 Å². The van der Waals surface area contributed by atoms with Crippen LogP contribution in [0.25, 0.3) is 0 Å². The number of aromatic nitrogens is 1. The molecule has 144 valence electrons. The van der Waals surface area contributed by atoms with Crippen molar-refractivity contribution in [3.05, 3.63) is 81.8 Å². The van der Waals surface area contributed by atoms with Gasteiger partial charge in [-0.15, -0.1) is 0 Å². The van der Waals surface area contributed by atoms with Gasteiger partial charge < -0.3 is 19.8 Å². The molecule has 0 radical (unpaired) electrons. The predicted molar refractivity (Wildman–Crippen MR) is 104 cm³/mol. The topological polar surface area (TPSA) is 80.4 Å². The van der Waals surface area contributed by atoms with Crippen molar-refractivity contribution in [1.82, 2.24) is 4.98 Å². The zero-order valence-corrected chi connectivity index (χ0v) is 15.4. The maximum atomic E-state index is 13.1. The number of pyridine rings is 1. The fourth-order valence-electron chi connectivity index (χ4n) is 2.63. The van der Waals surface area contributed by atoms with Crippen LogP contribution in [0.4, 0.5) is 10.1 Å². The monoisotopic (exact) mass is 382 g/mol. The number of ether oxygens (including phenoxy) is 2. The minimum absolute atomic E-state index is 0.137. The van der Waals surface area contributed by atoms with Crippen molar-refractivity contribution in [2.75, 3.05) is 12.4 Å². The third-order valence-corrected chi connectivity index (χ3v) is 4.01. The molecular formula is C21H19FN2O4. The summed E-state index contributed by atoms with van der Waals surface area (Å²) in [5.41, 5.74) is 1.43. The van der Waals surface area contributed by atoms with Gasteiger partial charge in [-0.1, -0.05) is 12.1 Å². The molecule has 0 aliphatic carbocycles. The number of hydrogen-bond donors (Lipinski definition) is 2. The quantitative estimate of drug-likeness (QED) is 0.669. The Hall–Kier alpha value is -3.61. The van der Waals surface area contributed by atoms with Gasteiger partial charge in [-0.3, -0.25) is 9.59 Å². The van der Waals surface area contributed by atoms with Gasteiger partial charge in [0, 0.05) is 18.0 Å². The summed E-state index contributed by atoms with van der Waals surface area (Å²) in [5, 5.41) is 2.62. The van der Waals surface area contributed by atoms with Crippen molar-refractivity contribution in [3.8, 4) is 17.2 Å². The van der Waals surface area contributed by atoms with Crippen molar-refractivity contribution in [2.24, 2.45) is 0 Å². The maximum Gasteiger partial charge on any atom is 0.259 e. The fraction of sp³-hybridized carbons (Fsp3) is 0.143. The lowest BCUT2D eigenvalue weighted by Gasteiger charge is -2.15. The van der Waals surface area contributed by atoms with Gasteiger partial charge in [-0.2, -0.15) is 0 Å². The van der Waals surface area contributed by atoms with Crippen molar-refractivity contribution >= 4 is 11.6 Å². The highest BCUT2D eigenvalue weighted by Crippen LogP contribution is 2.34. The molecule has 6 nitrogen and oxygen atoms in total. The second kappa shape index (κ2) is 8.39. The van der Waals surface area contributed by atoms with Crippen LogP contribution in [-0.2, 0) is 6.67 Å². The Bertz CT molecular complexity index is 1060. The van der Waals surface area contributed by atoms with Crippen molar-refractivity contribution < 1.29 is 18.7 Å². The number of alkyl halides is 1. The van der Waals surface area contributed by atoms with E-state index in [1.54, 1.807) is 24.3 Å². The second-order valence-electron chi connectivity index (χ2n) is 6.12. The van der Waals surface area contributed by atoms with Gasteiger partial charge in [0.1, 0.15) is 12.4 Å². The third-order valence-electron chi connectivity index (χ3n) is 4.01. The molecule has 0 spiro atoms. The summed E-state index contributed by atoms with van der Waals surface area (Å²) in [7, 11) is 1.52. The molecule has 0 fully saturated rings. The number of carbonyl (C=O) groups excluding carboxylic acids is 1. The highest BCUT2D eigenvalue weighted by atomic mass is 19.1. The zero-order chi connectivity index (χ0) is 20.1. The van der Waals surface area contributed by atoms with Gasteiger partial charge in [-0.25, -0.2) is 4.39 Å². The molecule has 0 bridgehead atoms. The number of amides is 1. The predicted octanol–water partition coefficient (Wildman–Crippen LogP) is 4.21. The Morgan fingerprint density at radius 2 is 1.86 bits per heavy atom. The summed E-state index contributed by atoms with van der Waals surface area (Å²) in [6, 6.07) is 12.7. The average molecular weight is 382 g/mol. The summed E-state index contributed by atoms with van der Waals surface area (Å²) in [6.07, 6.45) is 1.42. The van der Waals surface area contributed by atoms with E-state index < -0.39 is 12.6 Å². The van der Waals surface area contributed by atoms with Gasteiger partial charge in [0.05, 0.1) is 12.7 Å². The molecule has 1 amide bonds. The number of methoxy groups -OCH3 is 1. The summed E-state index contributed by atoms with van der Waals surface area (Å²) >= 11 is 0. The largest absolute Gasteiger partial charge is 0.493 e. The lowest BCUT2D eigenvalue weighted by Crippen LogP contribution is -2.15. The van der Waals surface area contributed by atoms with Crippen LogP contribution in [0.3, 0.4) is 0 Å². The number of H-pyrrole nitrogens is 1. The molecule has 0 unspecified atom stereocenters. The van der Waals surface area contributed by atoms with E-state index >= 15 is 0 Å². The van der Waals surface area contributed by atoms with E-state index in [1.165, 1.54) is 31.5 Å². The number of benzene rings is 2. The van der Waals surface area contributed by atoms with Crippen molar-refractivity contribution in [2.45, 2.75) is 13.6 Å². The molecule has 0 aliphatic rings. The van der Waals surface area contributed by atoms with Crippen LogP contribution >= 0.6 is 0 Å². The second-order valence-corrected chi connectivity index (χ2v) is 6.12. The first kappa shape index (κ1) is 19.2. The molecule has 0 saturated heterocycles. The van der Waals surface area contributed by atoms with Crippen LogP contribution in [0.15, 0.2) is 59.5 Å². The minimum atomic E-state index is -0.723. The lowest BCUT2D eigenvalue weighted by molar-refractivity contribution is 0.102. The van der Waals surface area contributed by atoms with E-state index in [9.17, 15) is 14.0 Å². The molecule has 1 heterocycles. The highest BCUT2D eigenvalue weighted by molar-refractivity contribution is 6.06. The number of halogens is 1. The van der Waals surface area contributed by atoms with Gasteiger partial charge in [0.2, 0.25) is 5.56 Å². The normalized spacial score (nSPS) is 10.4. The van der Waals surface area contributed by atoms with E-state index in [-0.39, 0.29) is 16.9 Å². The Morgan fingerprint density at radius 3 is 2.57 bits per heavy atom. The summed E-state index contributed by atoms with van der Waals surface area (Å²) < 4.78 is 24.4. The molecule has 0 atom stereocenters. The Morgan fingerprint density at radius 1 is 1.07 bits per heavy atom. The van der Waals surface area contributed by atoms with Crippen LogP contribution in [0, 0.1) is 6.92 Å². The average Bonchev–Trinajstić information content (AvgIpc) is 2.69. The standard InChI is InChI=1S/C21H19FN2O4/c1-13-3-5-18(19(9-13)27-2)28-17-6-4-14(12-22)10-16(17)21(26)24-15-7-8-23-20(25)11-15/h3-11H,12H2,1-2H3,(H2,23,24,25,26). The third kappa shape index (κ3) is 4.37. The summed E-state index contributed by atoms with van der Waals surface area (Å²) in [5.74, 6) is 0.644. The SMILES string of the molecule is COc1cc(C)ccc1Oc1ccc(CF)cc1C(=O)Nc1cc[nH]c(=O)c1. The van der Waals surface area contributed by atoms with Crippen LogP contribution in [0.1, 0.15) is 21.5 Å².